The van der Waals surface area contributed by atoms with Crippen LogP contribution >= 0.6 is 0 Å². The fourth-order valence-electron chi connectivity index (χ4n) is 4.12. The Hall–Kier alpha value is -3.32. The number of phenolic OH excluding ortho intramolecular Hbond substituents is 1. The summed E-state index contributed by atoms with van der Waals surface area (Å²) in [6.07, 6.45) is 0.663. The van der Waals surface area contributed by atoms with E-state index in [1.165, 1.54) is 11.0 Å². The zero-order valence-corrected chi connectivity index (χ0v) is 19.9. The van der Waals surface area contributed by atoms with Crippen LogP contribution in [0.15, 0.2) is 42.0 Å². The molecule has 0 aromatic heterocycles. The lowest BCUT2D eigenvalue weighted by atomic mass is 9.93. The van der Waals surface area contributed by atoms with Gasteiger partial charge in [-0.25, -0.2) is 0 Å². The summed E-state index contributed by atoms with van der Waals surface area (Å²) in [5.74, 6) is -1.31. The van der Waals surface area contributed by atoms with E-state index in [-0.39, 0.29) is 22.8 Å². The molecule has 1 amide bonds. The first-order chi connectivity index (χ1) is 15.6. The summed E-state index contributed by atoms with van der Waals surface area (Å²) >= 11 is 0. The summed E-state index contributed by atoms with van der Waals surface area (Å²) < 4.78 is 5.53. The SMILES string of the molecule is CCOc1cc(C2/C(=C(\O)c3cc(C)ccc3C)C(=O)C(=O)N2CCCN(C)C)ccc1O. The number of rotatable bonds is 8. The number of ketones is 1. The summed E-state index contributed by atoms with van der Waals surface area (Å²) in [5.41, 5.74) is 2.90. The summed E-state index contributed by atoms with van der Waals surface area (Å²) in [6.45, 7) is 7.00. The monoisotopic (exact) mass is 452 g/mol. The average Bonchev–Trinajstić information content (AvgIpc) is 3.01. The topological polar surface area (TPSA) is 90.3 Å². The molecule has 0 radical (unpaired) electrons. The van der Waals surface area contributed by atoms with E-state index in [1.807, 2.05) is 51.0 Å². The smallest absolute Gasteiger partial charge is 0.295 e. The molecule has 0 bridgehead atoms. The highest BCUT2D eigenvalue weighted by Gasteiger charge is 2.46. The van der Waals surface area contributed by atoms with Gasteiger partial charge in [-0.05, 0) is 77.2 Å². The molecule has 1 fully saturated rings. The quantitative estimate of drug-likeness (QED) is 0.360. The molecule has 2 aromatic rings. The number of aryl methyl sites for hydroxylation is 2. The molecular weight excluding hydrogens is 420 g/mol. The van der Waals surface area contributed by atoms with Crippen LogP contribution in [0, 0.1) is 13.8 Å². The predicted molar refractivity (Wildman–Crippen MR) is 127 cm³/mol. The molecule has 1 atom stereocenters. The van der Waals surface area contributed by atoms with Gasteiger partial charge in [0.1, 0.15) is 5.76 Å². The van der Waals surface area contributed by atoms with E-state index in [1.54, 1.807) is 19.1 Å². The summed E-state index contributed by atoms with van der Waals surface area (Å²) in [4.78, 5) is 29.8. The van der Waals surface area contributed by atoms with Crippen molar-refractivity contribution in [1.82, 2.24) is 9.80 Å². The van der Waals surface area contributed by atoms with E-state index in [9.17, 15) is 19.8 Å². The van der Waals surface area contributed by atoms with E-state index in [0.717, 1.165) is 17.7 Å². The van der Waals surface area contributed by atoms with Crippen molar-refractivity contribution in [2.24, 2.45) is 0 Å². The van der Waals surface area contributed by atoms with Crippen LogP contribution < -0.4 is 4.74 Å². The largest absolute Gasteiger partial charge is 0.507 e. The highest BCUT2D eigenvalue weighted by atomic mass is 16.5. The van der Waals surface area contributed by atoms with Gasteiger partial charge in [0.25, 0.3) is 11.7 Å². The van der Waals surface area contributed by atoms with Gasteiger partial charge in [-0.1, -0.05) is 23.8 Å². The third-order valence-electron chi connectivity index (χ3n) is 5.79. The third-order valence-corrected chi connectivity index (χ3v) is 5.79. The van der Waals surface area contributed by atoms with Gasteiger partial charge in [0.2, 0.25) is 0 Å². The van der Waals surface area contributed by atoms with E-state index in [2.05, 4.69) is 0 Å². The third kappa shape index (κ3) is 5.03. The van der Waals surface area contributed by atoms with Crippen molar-refractivity contribution in [2.45, 2.75) is 33.2 Å². The number of Topliss-reactive ketones (excluding diaryl/α,β-unsaturated/α-hetero) is 1. The number of hydrogen-bond acceptors (Lipinski definition) is 6. The number of phenols is 1. The molecule has 0 saturated carbocycles. The average molecular weight is 453 g/mol. The number of aliphatic hydroxyl groups excluding tert-OH is 1. The summed E-state index contributed by atoms with van der Waals surface area (Å²) in [7, 11) is 3.89. The van der Waals surface area contributed by atoms with E-state index in [4.69, 9.17) is 4.74 Å². The number of amides is 1. The highest BCUT2D eigenvalue weighted by Crippen LogP contribution is 2.42. The van der Waals surface area contributed by atoms with E-state index >= 15 is 0 Å². The minimum absolute atomic E-state index is 0.0281. The Bertz CT molecular complexity index is 1090. The Balaban J connectivity index is 2.18. The number of benzene rings is 2. The van der Waals surface area contributed by atoms with Crippen molar-refractivity contribution in [3.8, 4) is 11.5 Å². The molecule has 176 valence electrons. The van der Waals surface area contributed by atoms with Crippen molar-refractivity contribution in [2.75, 3.05) is 33.8 Å². The number of aromatic hydroxyl groups is 1. The fraction of sp³-hybridized carbons (Fsp3) is 0.385. The number of carbonyl (C=O) groups is 2. The molecule has 1 aliphatic heterocycles. The minimum Gasteiger partial charge on any atom is -0.507 e. The highest BCUT2D eigenvalue weighted by molar-refractivity contribution is 6.46. The standard InChI is InChI=1S/C26H32N2O5/c1-6-33-21-15-18(10-11-20(21)29)23-22(24(30)19-14-16(2)8-9-17(19)3)25(31)26(32)28(23)13-7-12-27(4)5/h8-11,14-15,23,29-30H,6-7,12-13H2,1-5H3/b24-22+. The van der Waals surface area contributed by atoms with Crippen LogP contribution in [0.5, 0.6) is 11.5 Å². The zero-order valence-electron chi connectivity index (χ0n) is 19.9. The number of ether oxygens (including phenoxy) is 1. The molecule has 7 nitrogen and oxygen atoms in total. The number of nitrogens with zero attached hydrogens (tertiary/aromatic N) is 2. The van der Waals surface area contributed by atoms with Crippen LogP contribution in [0.4, 0.5) is 0 Å². The molecule has 3 rings (SSSR count). The Morgan fingerprint density at radius 3 is 2.52 bits per heavy atom. The van der Waals surface area contributed by atoms with Gasteiger partial charge in [0, 0.05) is 12.1 Å². The summed E-state index contributed by atoms with van der Waals surface area (Å²) in [6, 6.07) is 9.60. The van der Waals surface area contributed by atoms with Crippen molar-refractivity contribution in [3.05, 3.63) is 64.2 Å². The summed E-state index contributed by atoms with van der Waals surface area (Å²) in [5, 5.41) is 21.5. The lowest BCUT2D eigenvalue weighted by Gasteiger charge is -2.26. The van der Waals surface area contributed by atoms with Gasteiger partial charge in [-0.2, -0.15) is 0 Å². The second-order valence-electron chi connectivity index (χ2n) is 8.63. The number of carbonyl (C=O) groups excluding carboxylic acids is 2. The molecule has 2 aromatic carbocycles. The molecule has 1 unspecified atom stereocenters. The lowest BCUT2D eigenvalue weighted by molar-refractivity contribution is -0.139. The van der Waals surface area contributed by atoms with E-state index in [0.29, 0.717) is 30.7 Å². The number of aliphatic hydroxyl groups is 1. The molecule has 7 heteroatoms. The first-order valence-corrected chi connectivity index (χ1v) is 11.1. The van der Waals surface area contributed by atoms with Gasteiger partial charge in [-0.15, -0.1) is 0 Å². The van der Waals surface area contributed by atoms with Gasteiger partial charge < -0.3 is 24.7 Å². The van der Waals surface area contributed by atoms with Crippen LogP contribution in [0.25, 0.3) is 5.76 Å². The van der Waals surface area contributed by atoms with Gasteiger partial charge in [0.05, 0.1) is 18.2 Å². The first-order valence-electron chi connectivity index (χ1n) is 11.1. The van der Waals surface area contributed by atoms with Gasteiger partial charge in [0.15, 0.2) is 11.5 Å². The Kier molecular flexibility index (Phi) is 7.43. The van der Waals surface area contributed by atoms with Crippen molar-refractivity contribution < 1.29 is 24.5 Å². The molecule has 1 heterocycles. The molecule has 33 heavy (non-hydrogen) atoms. The molecule has 0 spiro atoms. The van der Waals surface area contributed by atoms with Crippen molar-refractivity contribution >= 4 is 17.4 Å². The fourth-order valence-corrected chi connectivity index (χ4v) is 4.12. The predicted octanol–water partition coefficient (Wildman–Crippen LogP) is 3.78. The lowest BCUT2D eigenvalue weighted by Crippen LogP contribution is -2.32. The van der Waals surface area contributed by atoms with Crippen LogP contribution in [-0.4, -0.2) is 65.5 Å². The van der Waals surface area contributed by atoms with E-state index < -0.39 is 17.7 Å². The maximum atomic E-state index is 13.2. The number of likely N-dealkylation sites (tertiary alicyclic amines) is 1. The van der Waals surface area contributed by atoms with Crippen LogP contribution in [0.1, 0.15) is 41.6 Å². The maximum Gasteiger partial charge on any atom is 0.295 e. The Morgan fingerprint density at radius 2 is 1.85 bits per heavy atom. The van der Waals surface area contributed by atoms with Crippen LogP contribution in [0.3, 0.4) is 0 Å². The zero-order chi connectivity index (χ0) is 24.3. The van der Waals surface area contributed by atoms with Crippen molar-refractivity contribution in [3.63, 3.8) is 0 Å². The molecule has 1 aliphatic rings. The maximum absolute atomic E-state index is 13.2. The van der Waals surface area contributed by atoms with Crippen LogP contribution in [-0.2, 0) is 9.59 Å². The first kappa shape index (κ1) is 24.3. The van der Waals surface area contributed by atoms with Crippen molar-refractivity contribution in [1.29, 1.82) is 0 Å². The normalized spacial score (nSPS) is 17.8. The molecule has 0 aliphatic carbocycles. The molecular formula is C26H32N2O5. The Morgan fingerprint density at radius 1 is 1.12 bits per heavy atom. The number of hydrogen-bond donors (Lipinski definition) is 2. The Labute approximate surface area is 194 Å². The minimum atomic E-state index is -0.785. The van der Waals surface area contributed by atoms with Gasteiger partial charge >= 0.3 is 0 Å². The second-order valence-corrected chi connectivity index (χ2v) is 8.63. The van der Waals surface area contributed by atoms with Gasteiger partial charge in [-0.3, -0.25) is 9.59 Å². The second kappa shape index (κ2) is 10.1. The molecule has 1 saturated heterocycles. The van der Waals surface area contributed by atoms with Crippen LogP contribution in [0.2, 0.25) is 0 Å². The molecule has 2 N–H and O–H groups in total.